The van der Waals surface area contributed by atoms with Gasteiger partial charge in [-0.1, -0.05) is 0 Å². The van der Waals surface area contributed by atoms with Crippen LogP contribution in [0.3, 0.4) is 0 Å². The maximum atomic E-state index is 11.6. The Morgan fingerprint density at radius 2 is 2.14 bits per heavy atom. The van der Waals surface area contributed by atoms with E-state index in [0.717, 1.165) is 0 Å². The van der Waals surface area contributed by atoms with Crippen molar-refractivity contribution in [2.24, 2.45) is 0 Å². The molecule has 14 heavy (non-hydrogen) atoms. The lowest BCUT2D eigenvalue weighted by atomic mass is 10.4. The SMILES string of the molecule is COCCS(=O)(=O)C(C)CNC1CC1. The second-order valence-electron chi connectivity index (χ2n) is 3.85. The average Bonchev–Trinajstić information content (AvgIpc) is 2.94. The molecule has 0 radical (unpaired) electrons. The Kier molecular flexibility index (Phi) is 4.34. The first-order chi connectivity index (χ1) is 6.56. The van der Waals surface area contributed by atoms with E-state index in [1.54, 1.807) is 6.92 Å². The van der Waals surface area contributed by atoms with E-state index in [0.29, 0.717) is 12.6 Å². The summed E-state index contributed by atoms with van der Waals surface area (Å²) in [7, 11) is -1.46. The van der Waals surface area contributed by atoms with Gasteiger partial charge >= 0.3 is 0 Å². The zero-order chi connectivity index (χ0) is 10.6. The van der Waals surface area contributed by atoms with Gasteiger partial charge in [0.15, 0.2) is 9.84 Å². The Hall–Kier alpha value is -0.130. The van der Waals surface area contributed by atoms with Crippen LogP contribution in [0.4, 0.5) is 0 Å². The second kappa shape index (κ2) is 5.09. The minimum absolute atomic E-state index is 0.122. The van der Waals surface area contributed by atoms with Crippen molar-refractivity contribution < 1.29 is 13.2 Å². The van der Waals surface area contributed by atoms with Crippen molar-refractivity contribution in [2.75, 3.05) is 26.0 Å². The van der Waals surface area contributed by atoms with Crippen molar-refractivity contribution in [2.45, 2.75) is 31.1 Å². The van der Waals surface area contributed by atoms with Crippen molar-refractivity contribution in [3.63, 3.8) is 0 Å². The molecule has 1 N–H and O–H groups in total. The lowest BCUT2D eigenvalue weighted by Gasteiger charge is -2.12. The minimum atomic E-state index is -2.98. The number of hydrogen-bond donors (Lipinski definition) is 1. The molecular formula is C9H19NO3S. The smallest absolute Gasteiger partial charge is 0.156 e. The molecule has 5 heteroatoms. The highest BCUT2D eigenvalue weighted by Gasteiger charge is 2.25. The van der Waals surface area contributed by atoms with E-state index < -0.39 is 9.84 Å². The molecule has 84 valence electrons. The predicted molar refractivity (Wildman–Crippen MR) is 56.1 cm³/mol. The van der Waals surface area contributed by atoms with Gasteiger partial charge in [-0.15, -0.1) is 0 Å². The van der Waals surface area contributed by atoms with Crippen molar-refractivity contribution in [3.05, 3.63) is 0 Å². The molecule has 1 fully saturated rings. The van der Waals surface area contributed by atoms with Gasteiger partial charge in [0, 0.05) is 19.7 Å². The van der Waals surface area contributed by atoms with Gasteiger partial charge in [0.1, 0.15) is 0 Å². The fourth-order valence-electron chi connectivity index (χ4n) is 1.15. The van der Waals surface area contributed by atoms with Gasteiger partial charge in [-0.3, -0.25) is 0 Å². The summed E-state index contributed by atoms with van der Waals surface area (Å²) in [5.41, 5.74) is 0. The van der Waals surface area contributed by atoms with E-state index in [1.165, 1.54) is 20.0 Å². The molecule has 1 aliphatic rings. The maximum absolute atomic E-state index is 11.6. The predicted octanol–water partition coefficient (Wildman–Crippen LogP) is 0.188. The Morgan fingerprint density at radius 3 is 2.64 bits per heavy atom. The topological polar surface area (TPSA) is 55.4 Å². The summed E-state index contributed by atoms with van der Waals surface area (Å²) in [4.78, 5) is 0. The summed E-state index contributed by atoms with van der Waals surface area (Å²) in [5.74, 6) is 0.122. The lowest BCUT2D eigenvalue weighted by Crippen LogP contribution is -2.34. The Bertz CT molecular complexity index is 259. The fourth-order valence-corrected chi connectivity index (χ4v) is 2.30. The highest BCUT2D eigenvalue weighted by atomic mass is 32.2. The van der Waals surface area contributed by atoms with Crippen LogP contribution in [0, 0.1) is 0 Å². The van der Waals surface area contributed by atoms with Gasteiger partial charge in [0.2, 0.25) is 0 Å². The van der Waals surface area contributed by atoms with Crippen molar-refractivity contribution in [3.8, 4) is 0 Å². The van der Waals surface area contributed by atoms with Crippen LogP contribution in [-0.4, -0.2) is 45.7 Å². The molecule has 0 bridgehead atoms. The van der Waals surface area contributed by atoms with Gasteiger partial charge in [-0.05, 0) is 19.8 Å². The van der Waals surface area contributed by atoms with E-state index in [4.69, 9.17) is 4.74 Å². The van der Waals surface area contributed by atoms with Crippen LogP contribution >= 0.6 is 0 Å². The number of nitrogens with one attached hydrogen (secondary N) is 1. The number of sulfone groups is 1. The average molecular weight is 221 g/mol. The summed E-state index contributed by atoms with van der Waals surface area (Å²) in [5, 5.41) is 2.91. The van der Waals surface area contributed by atoms with Crippen LogP contribution < -0.4 is 5.32 Å². The van der Waals surface area contributed by atoms with Crippen molar-refractivity contribution in [1.29, 1.82) is 0 Å². The van der Waals surface area contributed by atoms with E-state index in [2.05, 4.69) is 5.32 Å². The van der Waals surface area contributed by atoms with E-state index >= 15 is 0 Å². The maximum Gasteiger partial charge on any atom is 0.156 e. The summed E-state index contributed by atoms with van der Waals surface area (Å²) in [6, 6.07) is 0.565. The van der Waals surface area contributed by atoms with Crippen molar-refractivity contribution in [1.82, 2.24) is 5.32 Å². The monoisotopic (exact) mass is 221 g/mol. The first-order valence-corrected chi connectivity index (χ1v) is 6.71. The molecule has 0 aromatic carbocycles. The van der Waals surface area contributed by atoms with Crippen LogP contribution in [0.5, 0.6) is 0 Å². The van der Waals surface area contributed by atoms with E-state index in [-0.39, 0.29) is 17.6 Å². The first kappa shape index (κ1) is 11.9. The standard InChI is InChI=1S/C9H19NO3S/c1-8(7-10-9-3-4-9)14(11,12)6-5-13-2/h8-10H,3-7H2,1-2H3. The fraction of sp³-hybridized carbons (Fsp3) is 1.00. The molecule has 1 saturated carbocycles. The molecule has 0 aromatic rings. The largest absolute Gasteiger partial charge is 0.384 e. The summed E-state index contributed by atoms with van der Waals surface area (Å²) >= 11 is 0. The molecule has 1 rings (SSSR count). The Morgan fingerprint density at radius 1 is 1.50 bits per heavy atom. The van der Waals surface area contributed by atoms with Crippen LogP contribution in [0.25, 0.3) is 0 Å². The number of hydrogen-bond acceptors (Lipinski definition) is 4. The van der Waals surface area contributed by atoms with E-state index in [1.807, 2.05) is 0 Å². The van der Waals surface area contributed by atoms with Crippen LogP contribution in [0.15, 0.2) is 0 Å². The normalized spacial score (nSPS) is 19.6. The molecule has 0 amide bonds. The summed E-state index contributed by atoms with van der Waals surface area (Å²) in [6.07, 6.45) is 2.37. The summed E-state index contributed by atoms with van der Waals surface area (Å²) < 4.78 is 28.0. The van der Waals surface area contributed by atoms with E-state index in [9.17, 15) is 8.42 Å². The van der Waals surface area contributed by atoms with Crippen LogP contribution in [-0.2, 0) is 14.6 Å². The van der Waals surface area contributed by atoms with Crippen LogP contribution in [0.2, 0.25) is 0 Å². The van der Waals surface area contributed by atoms with Gasteiger partial charge in [-0.2, -0.15) is 0 Å². The molecular weight excluding hydrogens is 202 g/mol. The number of methoxy groups -OCH3 is 1. The molecule has 0 saturated heterocycles. The summed E-state index contributed by atoms with van der Waals surface area (Å²) in [6.45, 7) is 2.60. The molecule has 4 nitrogen and oxygen atoms in total. The highest BCUT2D eigenvalue weighted by Crippen LogP contribution is 2.18. The van der Waals surface area contributed by atoms with Crippen LogP contribution in [0.1, 0.15) is 19.8 Å². The molecule has 0 spiro atoms. The third-order valence-corrected chi connectivity index (χ3v) is 4.58. The van der Waals surface area contributed by atoms with Gasteiger partial charge in [0.25, 0.3) is 0 Å². The quantitative estimate of drug-likeness (QED) is 0.666. The number of rotatable bonds is 7. The zero-order valence-electron chi connectivity index (χ0n) is 8.82. The zero-order valence-corrected chi connectivity index (χ0v) is 9.64. The Balaban J connectivity index is 2.28. The molecule has 1 aliphatic carbocycles. The lowest BCUT2D eigenvalue weighted by molar-refractivity contribution is 0.217. The van der Waals surface area contributed by atoms with Crippen molar-refractivity contribution >= 4 is 9.84 Å². The number of ether oxygens (including phenoxy) is 1. The molecule has 0 heterocycles. The third-order valence-electron chi connectivity index (χ3n) is 2.46. The molecule has 1 atom stereocenters. The highest BCUT2D eigenvalue weighted by molar-refractivity contribution is 7.92. The van der Waals surface area contributed by atoms with Gasteiger partial charge < -0.3 is 10.1 Å². The molecule has 1 unspecified atom stereocenters. The minimum Gasteiger partial charge on any atom is -0.384 e. The third kappa shape index (κ3) is 3.94. The second-order valence-corrected chi connectivity index (χ2v) is 6.39. The Labute approximate surface area is 85.9 Å². The van der Waals surface area contributed by atoms with Gasteiger partial charge in [-0.25, -0.2) is 8.42 Å². The first-order valence-electron chi connectivity index (χ1n) is 5.00. The molecule has 0 aliphatic heterocycles. The van der Waals surface area contributed by atoms with Gasteiger partial charge in [0.05, 0.1) is 17.6 Å². The molecule has 0 aromatic heterocycles.